The number of ether oxygens (including phenoxy) is 1. The zero-order chi connectivity index (χ0) is 26.4. The predicted molar refractivity (Wildman–Crippen MR) is 111 cm³/mol. The molecule has 39 heavy (non-hydrogen) atoms. The van der Waals surface area contributed by atoms with Gasteiger partial charge in [0.1, 0.15) is 24.0 Å². The average Bonchev–Trinajstić information content (AvgIpc) is 3.31. The number of fused-ring (bicyclic) bond motifs is 1. The maximum absolute atomic E-state index is 13.1. The van der Waals surface area contributed by atoms with Crippen molar-refractivity contribution in [2.75, 3.05) is 6.61 Å². The summed E-state index contributed by atoms with van der Waals surface area (Å²) in [6, 6.07) is 6.24. The molecule has 0 saturated carbocycles. The maximum Gasteiger partial charge on any atom is 1.00 e. The van der Waals surface area contributed by atoms with Gasteiger partial charge in [0.05, 0.1) is 21.0 Å². The van der Waals surface area contributed by atoms with Crippen molar-refractivity contribution in [1.82, 2.24) is 14.3 Å². The molecule has 4 rings (SSSR count). The Bertz CT molecular complexity index is 1510. The van der Waals surface area contributed by atoms with Gasteiger partial charge in [-0.15, -0.1) is 0 Å². The molecule has 0 radical (unpaired) electrons. The van der Waals surface area contributed by atoms with Crippen LogP contribution in [0, 0.1) is 6.92 Å². The Kier molecular flexibility index (Phi) is 14.2. The summed E-state index contributed by atoms with van der Waals surface area (Å²) in [7, 11) is -11.6. The largest absolute Gasteiger partial charge is 1.00 e. The molecule has 196 valence electrons. The van der Waals surface area contributed by atoms with Gasteiger partial charge in [-0.1, -0.05) is 17.3 Å². The van der Waals surface area contributed by atoms with Gasteiger partial charge in [-0.05, 0) is 18.6 Å². The molecular weight excluding hydrogens is 597 g/mol. The summed E-state index contributed by atoms with van der Waals surface area (Å²) in [5, 5.41) is 25.1. The number of aliphatic hydroxyl groups is 2. The van der Waals surface area contributed by atoms with Gasteiger partial charge < -0.3 is 43.2 Å². The van der Waals surface area contributed by atoms with E-state index < -0.39 is 58.0 Å². The van der Waals surface area contributed by atoms with Gasteiger partial charge in [0.25, 0.3) is 13.4 Å². The number of phosphoric acid groups is 2. The fourth-order valence-corrected chi connectivity index (χ4v) is 5.19. The van der Waals surface area contributed by atoms with Crippen LogP contribution in [0.5, 0.6) is 0 Å². The first-order chi connectivity index (χ1) is 16.8. The third kappa shape index (κ3) is 8.77. The monoisotopic (exact) mass is 615 g/mol. The summed E-state index contributed by atoms with van der Waals surface area (Å²) in [6.45, 7) is 0.434. The third-order valence-electron chi connectivity index (χ3n) is 5.38. The van der Waals surface area contributed by atoms with Crippen molar-refractivity contribution in [3.63, 3.8) is 0 Å². The predicted octanol–water partition coefficient (Wildman–Crippen LogP) is -11.5. The normalized spacial score (nSPS) is 22.4. The van der Waals surface area contributed by atoms with Crippen molar-refractivity contribution in [3.8, 4) is 0 Å². The van der Waals surface area contributed by atoms with Crippen LogP contribution in [0.25, 0.3) is 11.0 Å². The first kappa shape index (κ1) is 37.5. The summed E-state index contributed by atoms with van der Waals surface area (Å²) in [4.78, 5) is 58.0. The molecule has 1 aliphatic heterocycles. The topological polar surface area (TPSA) is 241 Å². The number of aromatic nitrogens is 3. The van der Waals surface area contributed by atoms with Gasteiger partial charge >= 0.3 is 94.4 Å². The summed E-state index contributed by atoms with van der Waals surface area (Å²) in [5.41, 5.74) is -0.125. The van der Waals surface area contributed by atoms with Gasteiger partial charge in [-0.3, -0.25) is 22.8 Å². The maximum atomic E-state index is 13.1. The molecule has 2 aromatic heterocycles. The van der Waals surface area contributed by atoms with Crippen molar-refractivity contribution in [1.29, 1.82) is 0 Å². The molecule has 0 bridgehead atoms. The number of aliphatic hydroxyl groups excluding tert-OH is 2. The fourth-order valence-electron chi connectivity index (χ4n) is 3.69. The first-order valence-corrected chi connectivity index (χ1v) is 13.1. The third-order valence-corrected chi connectivity index (χ3v) is 7.45. The number of hydrogen-bond donors (Lipinski definition) is 2. The first-order valence-electron chi connectivity index (χ1n) is 10.1. The van der Waals surface area contributed by atoms with Crippen LogP contribution < -0.4 is 115 Å². The summed E-state index contributed by atoms with van der Waals surface area (Å²) in [6.07, 6.45) is -5.79. The minimum Gasteiger partial charge on any atom is -0.790 e. The van der Waals surface area contributed by atoms with Gasteiger partial charge in [0, 0.05) is 17.6 Å². The number of para-hydroxylation sites is 1. The van der Waals surface area contributed by atoms with Crippen LogP contribution in [0.1, 0.15) is 17.5 Å². The second kappa shape index (κ2) is 14.8. The number of phosphoric ester groups is 1. The number of aryl methyl sites for hydroxylation is 1. The van der Waals surface area contributed by atoms with Crippen LogP contribution in [0.4, 0.5) is 0 Å². The van der Waals surface area contributed by atoms with Crippen molar-refractivity contribution in [2.45, 2.75) is 38.0 Å². The quantitative estimate of drug-likeness (QED) is 0.177. The van der Waals surface area contributed by atoms with Crippen molar-refractivity contribution in [3.05, 3.63) is 62.6 Å². The van der Waals surface area contributed by atoms with E-state index in [1.165, 1.54) is 0 Å². The zero-order valence-electron chi connectivity index (χ0n) is 21.2. The summed E-state index contributed by atoms with van der Waals surface area (Å²) in [5.74, 6) is 0. The van der Waals surface area contributed by atoms with Gasteiger partial charge in [0.2, 0.25) is 0 Å². The van der Waals surface area contributed by atoms with Gasteiger partial charge in [0.15, 0.2) is 11.8 Å². The van der Waals surface area contributed by atoms with Crippen LogP contribution >= 0.6 is 15.6 Å². The molecule has 1 saturated heterocycles. The Morgan fingerprint density at radius 2 is 1.74 bits per heavy atom. The Balaban J connectivity index is 0.00000253. The number of rotatable bonds is 8. The Morgan fingerprint density at radius 1 is 1.08 bits per heavy atom. The molecule has 0 spiro atoms. The minimum atomic E-state index is -5.94. The van der Waals surface area contributed by atoms with Crippen LogP contribution in [0.15, 0.2) is 44.6 Å². The second-order valence-corrected chi connectivity index (χ2v) is 10.5. The second-order valence-electron chi connectivity index (χ2n) is 7.83. The molecule has 1 aromatic carbocycles. The van der Waals surface area contributed by atoms with Crippen LogP contribution in [0.2, 0.25) is 0 Å². The molecule has 2 N–H and O–H groups in total. The summed E-state index contributed by atoms with van der Waals surface area (Å²) >= 11 is 0. The molecule has 2 unspecified atom stereocenters. The van der Waals surface area contributed by atoms with Gasteiger partial charge in [-0.25, -0.2) is 4.79 Å². The van der Waals surface area contributed by atoms with Crippen molar-refractivity contribution >= 4 is 26.6 Å². The summed E-state index contributed by atoms with van der Waals surface area (Å²) < 4.78 is 41.7. The van der Waals surface area contributed by atoms with E-state index in [1.807, 2.05) is 0 Å². The zero-order valence-corrected chi connectivity index (χ0v) is 29.0. The van der Waals surface area contributed by atoms with E-state index >= 15 is 0 Å². The Morgan fingerprint density at radius 3 is 2.38 bits per heavy atom. The number of hydrogen-bond acceptors (Lipinski definition) is 14. The van der Waals surface area contributed by atoms with Crippen LogP contribution in [-0.4, -0.2) is 49.4 Å². The number of nitrogens with zero attached hydrogens (tertiary/aromatic N) is 3. The van der Waals surface area contributed by atoms with Crippen molar-refractivity contribution < 1.29 is 141 Å². The Hall–Kier alpha value is 0.510. The molecule has 3 heterocycles. The molecule has 5 atom stereocenters. The van der Waals surface area contributed by atoms with E-state index in [2.05, 4.69) is 14.0 Å². The van der Waals surface area contributed by atoms with E-state index in [9.17, 15) is 43.6 Å². The smallest absolute Gasteiger partial charge is 0.790 e. The van der Waals surface area contributed by atoms with E-state index in [0.29, 0.717) is 11.0 Å². The minimum absolute atomic E-state index is 0. The SMILES string of the molecule is Cc1cccc2c(Cn3c(=O)ccn([C@@H]4O[C@H](COP(=O)([O-])OP(=O)([O-])[O-])C(O)[C@@H]4O)c3=O)noc12.[Na+].[Na+].[Na+]. The number of benzene rings is 1. The Labute approximate surface area is 286 Å². The van der Waals surface area contributed by atoms with E-state index in [4.69, 9.17) is 9.26 Å². The molecule has 1 fully saturated rings. The van der Waals surface area contributed by atoms with Crippen LogP contribution in [0.3, 0.4) is 0 Å². The molecule has 3 aromatic rings. The van der Waals surface area contributed by atoms with Crippen LogP contribution in [-0.2, 0) is 29.2 Å². The van der Waals surface area contributed by atoms with Crippen molar-refractivity contribution in [2.24, 2.45) is 0 Å². The molecule has 0 aliphatic carbocycles. The molecule has 16 nitrogen and oxygen atoms in total. The van der Waals surface area contributed by atoms with Gasteiger partial charge in [-0.2, -0.15) is 0 Å². The van der Waals surface area contributed by atoms with E-state index in [1.54, 1.807) is 25.1 Å². The average molecular weight is 615 g/mol. The standard InChI is InChI=1S/C18H21N3O13P2.3Na/c1-9-3-2-4-10-11(19-33-16(9)10)7-21-13(22)5-6-20(18(21)25)17-15(24)14(23)12(32-17)8-31-36(29,30)34-35(26,27)28;;;/h2-6,12,14-15,17,23-24H,7-8H2,1H3,(H,29,30)(H2,26,27,28);;;/q;3*+1/p-3/t12-,14?,15+,17-;;;/m1.../s1. The molecule has 21 heteroatoms. The fraction of sp³-hybridized carbons (Fsp3) is 0.389. The molecule has 1 aliphatic rings. The van der Waals surface area contributed by atoms with E-state index in [-0.39, 0.29) is 101 Å². The molecular formula is C18H18N3Na3O13P2. The molecule has 0 amide bonds. The van der Waals surface area contributed by atoms with E-state index in [0.717, 1.165) is 27.0 Å².